The first kappa shape index (κ1) is 18.2. The summed E-state index contributed by atoms with van der Waals surface area (Å²) >= 11 is 6.24. The van der Waals surface area contributed by atoms with Crippen molar-refractivity contribution in [3.05, 3.63) is 74.7 Å². The molecule has 0 bridgehead atoms. The molecule has 3 N–H and O–H groups in total. The molecular weight excluding hydrogens is 350 g/mol. The Hall–Kier alpha value is -2.63. The summed E-state index contributed by atoms with van der Waals surface area (Å²) in [5.41, 5.74) is 3.03. The molecule has 0 aliphatic heterocycles. The number of aryl methyl sites for hydroxylation is 1. The standard InChI is InChI=1S/C20H20ClN3O2/c1-3-22-11-15-5-4-14(8-12(15)2)19(25)24-18-9-13-6-7-23-20(26)16(13)10-17(18)21/h4-10,22H,3,11H2,1-2H3,(H,23,26)(H,24,25). The number of hydrogen-bond donors (Lipinski definition) is 3. The van der Waals surface area contributed by atoms with Gasteiger partial charge in [-0.15, -0.1) is 0 Å². The number of halogens is 1. The number of carbonyl (C=O) groups is 1. The molecule has 3 aromatic rings. The lowest BCUT2D eigenvalue weighted by Gasteiger charge is -2.11. The molecule has 0 aliphatic carbocycles. The van der Waals surface area contributed by atoms with Crippen LogP contribution in [0.3, 0.4) is 0 Å². The average molecular weight is 370 g/mol. The van der Waals surface area contributed by atoms with Crippen molar-refractivity contribution in [2.75, 3.05) is 11.9 Å². The molecule has 0 saturated heterocycles. The number of nitrogens with one attached hydrogen (secondary N) is 3. The van der Waals surface area contributed by atoms with Crippen molar-refractivity contribution in [1.82, 2.24) is 10.3 Å². The zero-order chi connectivity index (χ0) is 18.7. The van der Waals surface area contributed by atoms with Gasteiger partial charge < -0.3 is 15.6 Å². The first-order valence-electron chi connectivity index (χ1n) is 8.42. The number of H-pyrrole nitrogens is 1. The predicted molar refractivity (Wildman–Crippen MR) is 106 cm³/mol. The van der Waals surface area contributed by atoms with E-state index >= 15 is 0 Å². The van der Waals surface area contributed by atoms with Crippen molar-refractivity contribution in [2.24, 2.45) is 0 Å². The number of amides is 1. The van der Waals surface area contributed by atoms with Gasteiger partial charge in [-0.05, 0) is 60.3 Å². The number of rotatable bonds is 5. The zero-order valence-corrected chi connectivity index (χ0v) is 15.4. The quantitative estimate of drug-likeness (QED) is 0.639. The van der Waals surface area contributed by atoms with Crippen LogP contribution in [0.25, 0.3) is 10.8 Å². The molecule has 0 radical (unpaired) electrons. The van der Waals surface area contributed by atoms with Gasteiger partial charge in [0.15, 0.2) is 0 Å². The minimum absolute atomic E-state index is 0.214. The van der Waals surface area contributed by atoms with E-state index in [1.807, 2.05) is 19.1 Å². The minimum Gasteiger partial charge on any atom is -0.329 e. The molecule has 3 rings (SSSR count). The van der Waals surface area contributed by atoms with Crippen LogP contribution in [-0.4, -0.2) is 17.4 Å². The first-order valence-corrected chi connectivity index (χ1v) is 8.80. The van der Waals surface area contributed by atoms with Crippen molar-refractivity contribution in [2.45, 2.75) is 20.4 Å². The van der Waals surface area contributed by atoms with Gasteiger partial charge in [0.25, 0.3) is 11.5 Å². The number of carbonyl (C=O) groups excluding carboxylic acids is 1. The molecule has 1 heterocycles. The van der Waals surface area contributed by atoms with Gasteiger partial charge in [-0.3, -0.25) is 9.59 Å². The largest absolute Gasteiger partial charge is 0.329 e. The molecule has 0 saturated carbocycles. The van der Waals surface area contributed by atoms with E-state index in [1.54, 1.807) is 30.5 Å². The molecule has 0 spiro atoms. The number of fused-ring (bicyclic) bond motifs is 1. The van der Waals surface area contributed by atoms with Gasteiger partial charge in [0.1, 0.15) is 0 Å². The summed E-state index contributed by atoms with van der Waals surface area (Å²) in [6.07, 6.45) is 1.57. The Kier molecular flexibility index (Phi) is 5.40. The van der Waals surface area contributed by atoms with Crippen molar-refractivity contribution < 1.29 is 4.79 Å². The minimum atomic E-state index is -0.241. The Bertz CT molecular complexity index is 1030. The van der Waals surface area contributed by atoms with Crippen molar-refractivity contribution in [3.8, 4) is 0 Å². The summed E-state index contributed by atoms with van der Waals surface area (Å²) in [6.45, 7) is 5.71. The van der Waals surface area contributed by atoms with Crippen molar-refractivity contribution in [3.63, 3.8) is 0 Å². The monoisotopic (exact) mass is 369 g/mol. The summed E-state index contributed by atoms with van der Waals surface area (Å²) in [5, 5.41) is 7.63. The van der Waals surface area contributed by atoms with Crippen LogP contribution in [-0.2, 0) is 6.54 Å². The summed E-state index contributed by atoms with van der Waals surface area (Å²) in [6, 6.07) is 10.7. The van der Waals surface area contributed by atoms with Crippen LogP contribution in [0, 0.1) is 6.92 Å². The van der Waals surface area contributed by atoms with E-state index in [1.165, 1.54) is 0 Å². The van der Waals surface area contributed by atoms with Crippen LogP contribution in [0.4, 0.5) is 5.69 Å². The number of aromatic nitrogens is 1. The van der Waals surface area contributed by atoms with E-state index in [2.05, 4.69) is 22.5 Å². The Balaban J connectivity index is 1.86. The number of benzene rings is 2. The molecule has 26 heavy (non-hydrogen) atoms. The third-order valence-corrected chi connectivity index (χ3v) is 4.59. The Morgan fingerprint density at radius 1 is 1.19 bits per heavy atom. The molecule has 0 fully saturated rings. The molecule has 6 heteroatoms. The van der Waals surface area contributed by atoms with E-state index in [0.29, 0.717) is 27.0 Å². The number of hydrogen-bond acceptors (Lipinski definition) is 3. The SMILES string of the molecule is CCNCc1ccc(C(=O)Nc2cc3cc[nH]c(=O)c3cc2Cl)cc1C. The highest BCUT2D eigenvalue weighted by Crippen LogP contribution is 2.27. The maximum absolute atomic E-state index is 12.6. The van der Waals surface area contributed by atoms with Crippen LogP contribution in [0.5, 0.6) is 0 Å². The third kappa shape index (κ3) is 3.79. The van der Waals surface area contributed by atoms with E-state index in [4.69, 9.17) is 11.6 Å². The maximum Gasteiger partial charge on any atom is 0.255 e. The van der Waals surface area contributed by atoms with E-state index in [9.17, 15) is 9.59 Å². The smallest absolute Gasteiger partial charge is 0.255 e. The Morgan fingerprint density at radius 3 is 2.73 bits per heavy atom. The second kappa shape index (κ2) is 7.72. The highest BCUT2D eigenvalue weighted by molar-refractivity contribution is 6.34. The zero-order valence-electron chi connectivity index (χ0n) is 14.7. The number of anilines is 1. The lowest BCUT2D eigenvalue weighted by molar-refractivity contribution is 0.102. The van der Waals surface area contributed by atoms with E-state index in [-0.39, 0.29) is 11.5 Å². The van der Waals surface area contributed by atoms with Gasteiger partial charge in [0, 0.05) is 23.7 Å². The van der Waals surface area contributed by atoms with Gasteiger partial charge in [-0.2, -0.15) is 0 Å². The van der Waals surface area contributed by atoms with Crippen LogP contribution in [0.1, 0.15) is 28.4 Å². The van der Waals surface area contributed by atoms with Crippen molar-refractivity contribution >= 4 is 34.0 Å². The topological polar surface area (TPSA) is 74.0 Å². The summed E-state index contributed by atoms with van der Waals surface area (Å²) < 4.78 is 0. The van der Waals surface area contributed by atoms with E-state index in [0.717, 1.165) is 24.2 Å². The van der Waals surface area contributed by atoms with Crippen LogP contribution >= 0.6 is 11.6 Å². The average Bonchev–Trinajstić information content (AvgIpc) is 2.62. The molecule has 5 nitrogen and oxygen atoms in total. The van der Waals surface area contributed by atoms with E-state index < -0.39 is 0 Å². The maximum atomic E-state index is 12.6. The number of aromatic amines is 1. The molecule has 0 unspecified atom stereocenters. The van der Waals surface area contributed by atoms with Gasteiger partial charge in [0.05, 0.1) is 10.7 Å². The van der Waals surface area contributed by atoms with Gasteiger partial charge in [0.2, 0.25) is 0 Å². The molecule has 0 aliphatic rings. The first-order chi connectivity index (χ1) is 12.5. The van der Waals surface area contributed by atoms with Crippen LogP contribution in [0.15, 0.2) is 47.4 Å². The third-order valence-electron chi connectivity index (χ3n) is 4.28. The Labute approximate surface area is 156 Å². The number of pyridine rings is 1. The summed E-state index contributed by atoms with van der Waals surface area (Å²) in [7, 11) is 0. The summed E-state index contributed by atoms with van der Waals surface area (Å²) in [4.78, 5) is 27.0. The molecular formula is C20H20ClN3O2. The van der Waals surface area contributed by atoms with Gasteiger partial charge >= 0.3 is 0 Å². The molecule has 2 aromatic carbocycles. The highest BCUT2D eigenvalue weighted by Gasteiger charge is 2.12. The Morgan fingerprint density at radius 2 is 2.00 bits per heavy atom. The lowest BCUT2D eigenvalue weighted by atomic mass is 10.0. The highest BCUT2D eigenvalue weighted by atomic mass is 35.5. The lowest BCUT2D eigenvalue weighted by Crippen LogP contribution is -2.15. The predicted octanol–water partition coefficient (Wildman–Crippen LogP) is 3.85. The second-order valence-corrected chi connectivity index (χ2v) is 6.51. The molecule has 1 aromatic heterocycles. The van der Waals surface area contributed by atoms with Crippen LogP contribution < -0.4 is 16.2 Å². The molecule has 0 atom stereocenters. The fraction of sp³-hybridized carbons (Fsp3) is 0.200. The van der Waals surface area contributed by atoms with Gasteiger partial charge in [-0.25, -0.2) is 0 Å². The second-order valence-electron chi connectivity index (χ2n) is 6.10. The molecule has 134 valence electrons. The fourth-order valence-electron chi connectivity index (χ4n) is 2.79. The molecule has 1 amide bonds. The van der Waals surface area contributed by atoms with Gasteiger partial charge in [-0.1, -0.05) is 24.6 Å². The van der Waals surface area contributed by atoms with Crippen LogP contribution in [0.2, 0.25) is 5.02 Å². The normalized spacial score (nSPS) is 10.9. The fourth-order valence-corrected chi connectivity index (χ4v) is 3.01. The van der Waals surface area contributed by atoms with Crippen molar-refractivity contribution in [1.29, 1.82) is 0 Å². The summed E-state index contributed by atoms with van der Waals surface area (Å²) in [5.74, 6) is -0.241.